The lowest BCUT2D eigenvalue weighted by molar-refractivity contribution is 0.0989. The number of nitrogens with zero attached hydrogens (tertiary/aromatic N) is 5. The molecule has 7 heteroatoms. The molecule has 1 atom stereocenters. The highest BCUT2D eigenvalue weighted by molar-refractivity contribution is 6.07. The van der Waals surface area contributed by atoms with Crippen LogP contribution in [0.25, 0.3) is 0 Å². The zero-order valence-corrected chi connectivity index (χ0v) is 19.0. The molecule has 1 aromatic carbocycles. The molecule has 0 spiro atoms. The van der Waals surface area contributed by atoms with Crippen LogP contribution in [0.15, 0.2) is 67.0 Å². The SMILES string of the molecule is CC(CN1CCN(c2ccccn2)CC1)Nc1ccc(C(=O)N2CCc3ccccc32)cn1. The van der Waals surface area contributed by atoms with Gasteiger partial charge in [0.15, 0.2) is 0 Å². The van der Waals surface area contributed by atoms with Gasteiger partial charge in [-0.15, -0.1) is 0 Å². The minimum absolute atomic E-state index is 0.0119. The highest BCUT2D eigenvalue weighted by atomic mass is 16.2. The van der Waals surface area contributed by atoms with Gasteiger partial charge in [-0.3, -0.25) is 9.69 Å². The van der Waals surface area contributed by atoms with Crippen molar-refractivity contribution in [2.24, 2.45) is 0 Å². The number of piperazine rings is 1. The molecule has 0 radical (unpaired) electrons. The van der Waals surface area contributed by atoms with Gasteiger partial charge in [-0.1, -0.05) is 24.3 Å². The van der Waals surface area contributed by atoms with E-state index in [1.54, 1.807) is 6.20 Å². The number of anilines is 3. The Balaban J connectivity index is 1.12. The first kappa shape index (κ1) is 21.4. The number of carbonyl (C=O) groups is 1. The van der Waals surface area contributed by atoms with Crippen LogP contribution in [-0.2, 0) is 6.42 Å². The summed E-state index contributed by atoms with van der Waals surface area (Å²) in [7, 11) is 0. The van der Waals surface area contributed by atoms with E-state index in [-0.39, 0.29) is 11.9 Å². The highest BCUT2D eigenvalue weighted by Crippen LogP contribution is 2.28. The van der Waals surface area contributed by atoms with Crippen molar-refractivity contribution in [1.29, 1.82) is 0 Å². The van der Waals surface area contributed by atoms with E-state index in [0.717, 1.165) is 63.0 Å². The van der Waals surface area contributed by atoms with Crippen LogP contribution in [0.5, 0.6) is 0 Å². The second-order valence-corrected chi connectivity index (χ2v) is 8.79. The number of benzene rings is 1. The number of pyridine rings is 2. The van der Waals surface area contributed by atoms with Gasteiger partial charge in [-0.2, -0.15) is 0 Å². The molecule has 0 bridgehead atoms. The number of nitrogens with one attached hydrogen (secondary N) is 1. The summed E-state index contributed by atoms with van der Waals surface area (Å²) < 4.78 is 0. The fourth-order valence-corrected chi connectivity index (χ4v) is 4.70. The maximum atomic E-state index is 13.0. The molecule has 4 heterocycles. The van der Waals surface area contributed by atoms with Gasteiger partial charge in [0.05, 0.1) is 5.56 Å². The highest BCUT2D eigenvalue weighted by Gasteiger charge is 2.25. The molecule has 5 rings (SSSR count). The van der Waals surface area contributed by atoms with Crippen LogP contribution in [0.3, 0.4) is 0 Å². The van der Waals surface area contributed by atoms with Gasteiger partial charge in [0.1, 0.15) is 11.6 Å². The Morgan fingerprint density at radius 2 is 1.79 bits per heavy atom. The third kappa shape index (κ3) is 4.83. The summed E-state index contributed by atoms with van der Waals surface area (Å²) in [6.07, 6.45) is 4.44. The Morgan fingerprint density at radius 1 is 0.970 bits per heavy atom. The summed E-state index contributed by atoms with van der Waals surface area (Å²) >= 11 is 0. The van der Waals surface area contributed by atoms with Crippen LogP contribution < -0.4 is 15.1 Å². The first-order valence-corrected chi connectivity index (χ1v) is 11.7. The normalized spacial score (nSPS) is 17.0. The van der Waals surface area contributed by atoms with Gasteiger partial charge < -0.3 is 15.1 Å². The smallest absolute Gasteiger partial charge is 0.259 e. The summed E-state index contributed by atoms with van der Waals surface area (Å²) in [5, 5.41) is 3.48. The second-order valence-electron chi connectivity index (χ2n) is 8.79. The van der Waals surface area contributed by atoms with Crippen molar-refractivity contribution < 1.29 is 4.79 Å². The molecule has 1 unspecified atom stereocenters. The van der Waals surface area contributed by atoms with Gasteiger partial charge in [0.25, 0.3) is 5.91 Å². The molecule has 1 N–H and O–H groups in total. The van der Waals surface area contributed by atoms with Gasteiger partial charge in [0, 0.05) is 63.4 Å². The number of hydrogen-bond donors (Lipinski definition) is 1. The Hall–Kier alpha value is -3.45. The molecule has 2 aliphatic heterocycles. The Morgan fingerprint density at radius 3 is 2.55 bits per heavy atom. The minimum atomic E-state index is 0.0119. The Labute approximate surface area is 195 Å². The largest absolute Gasteiger partial charge is 0.366 e. The number of para-hydroxylation sites is 1. The first-order chi connectivity index (χ1) is 16.2. The Kier molecular flexibility index (Phi) is 6.21. The standard InChI is InChI=1S/C26H30N6O/c1-20(19-30-14-16-31(17-15-30)25-8-4-5-12-27-25)29-24-10-9-22(18-28-24)26(33)32-13-11-21-6-2-3-7-23(21)32/h2-10,12,18,20H,11,13-17,19H2,1H3,(H,28,29). The predicted molar refractivity (Wildman–Crippen MR) is 132 cm³/mol. The lowest BCUT2D eigenvalue weighted by Gasteiger charge is -2.36. The number of aromatic nitrogens is 2. The summed E-state index contributed by atoms with van der Waals surface area (Å²) in [5.74, 6) is 1.87. The van der Waals surface area contributed by atoms with E-state index in [0.29, 0.717) is 5.56 Å². The predicted octanol–water partition coefficient (Wildman–Crippen LogP) is 3.30. The van der Waals surface area contributed by atoms with Gasteiger partial charge in [-0.05, 0) is 49.2 Å². The van der Waals surface area contributed by atoms with Crippen molar-refractivity contribution in [3.63, 3.8) is 0 Å². The molecule has 3 aromatic rings. The van der Waals surface area contributed by atoms with Gasteiger partial charge >= 0.3 is 0 Å². The summed E-state index contributed by atoms with van der Waals surface area (Å²) in [5.41, 5.74) is 2.86. The fraction of sp³-hybridized carbons (Fsp3) is 0.346. The van der Waals surface area contributed by atoms with Crippen molar-refractivity contribution in [1.82, 2.24) is 14.9 Å². The quantitative estimate of drug-likeness (QED) is 0.632. The van der Waals surface area contributed by atoms with E-state index in [1.807, 2.05) is 53.6 Å². The lowest BCUT2D eigenvalue weighted by Crippen LogP contribution is -2.49. The zero-order chi connectivity index (χ0) is 22.6. The third-order valence-electron chi connectivity index (χ3n) is 6.41. The fourth-order valence-electron chi connectivity index (χ4n) is 4.70. The molecule has 0 aliphatic carbocycles. The number of carbonyl (C=O) groups excluding carboxylic acids is 1. The van der Waals surface area contributed by atoms with Crippen molar-refractivity contribution in [2.75, 3.05) is 54.4 Å². The molecule has 2 aromatic heterocycles. The third-order valence-corrected chi connectivity index (χ3v) is 6.41. The number of amides is 1. The van der Waals surface area contributed by atoms with Gasteiger partial charge in [0.2, 0.25) is 0 Å². The second kappa shape index (κ2) is 9.58. The van der Waals surface area contributed by atoms with Crippen LogP contribution in [0.4, 0.5) is 17.3 Å². The average Bonchev–Trinajstić information content (AvgIpc) is 3.29. The monoisotopic (exact) mass is 442 g/mol. The van der Waals surface area contributed by atoms with Crippen LogP contribution >= 0.6 is 0 Å². The van der Waals surface area contributed by atoms with Crippen molar-refractivity contribution in [3.8, 4) is 0 Å². The van der Waals surface area contributed by atoms with E-state index in [1.165, 1.54) is 5.56 Å². The van der Waals surface area contributed by atoms with Crippen LogP contribution in [0.1, 0.15) is 22.8 Å². The van der Waals surface area contributed by atoms with E-state index < -0.39 is 0 Å². The minimum Gasteiger partial charge on any atom is -0.366 e. The van der Waals surface area contributed by atoms with Crippen molar-refractivity contribution >= 4 is 23.2 Å². The number of fused-ring (bicyclic) bond motifs is 1. The maximum absolute atomic E-state index is 13.0. The summed E-state index contributed by atoms with van der Waals surface area (Å²) in [4.78, 5) is 28.6. The van der Waals surface area contributed by atoms with Gasteiger partial charge in [-0.25, -0.2) is 9.97 Å². The van der Waals surface area contributed by atoms with Crippen LogP contribution in [0.2, 0.25) is 0 Å². The van der Waals surface area contributed by atoms with E-state index in [9.17, 15) is 4.79 Å². The molecule has 1 saturated heterocycles. The zero-order valence-electron chi connectivity index (χ0n) is 19.0. The van der Waals surface area contributed by atoms with Crippen molar-refractivity contribution in [3.05, 3.63) is 78.1 Å². The first-order valence-electron chi connectivity index (χ1n) is 11.7. The van der Waals surface area contributed by atoms with E-state index in [4.69, 9.17) is 0 Å². The molecule has 1 fully saturated rings. The molecule has 33 heavy (non-hydrogen) atoms. The maximum Gasteiger partial charge on any atom is 0.259 e. The molecular formula is C26H30N6O. The molecule has 2 aliphatic rings. The molecule has 0 saturated carbocycles. The van der Waals surface area contributed by atoms with E-state index >= 15 is 0 Å². The molecule has 7 nitrogen and oxygen atoms in total. The van der Waals surface area contributed by atoms with Crippen LogP contribution in [0, 0.1) is 0 Å². The average molecular weight is 443 g/mol. The topological polar surface area (TPSA) is 64.6 Å². The lowest BCUT2D eigenvalue weighted by atomic mass is 10.2. The van der Waals surface area contributed by atoms with Crippen LogP contribution in [-0.4, -0.2) is 66.1 Å². The Bertz CT molecular complexity index is 1080. The number of rotatable bonds is 6. The molecule has 170 valence electrons. The molecule has 1 amide bonds. The number of hydrogen-bond acceptors (Lipinski definition) is 6. The van der Waals surface area contributed by atoms with E-state index in [2.05, 4.69) is 44.1 Å². The summed E-state index contributed by atoms with van der Waals surface area (Å²) in [6.45, 7) is 7.84. The molecular weight excluding hydrogens is 412 g/mol. The van der Waals surface area contributed by atoms with Crippen molar-refractivity contribution in [2.45, 2.75) is 19.4 Å². The summed E-state index contributed by atoms with van der Waals surface area (Å²) in [6, 6.07) is 18.2.